The fourth-order valence-corrected chi connectivity index (χ4v) is 5.80. The first-order valence-corrected chi connectivity index (χ1v) is 12.6. The molecule has 3 nitrogen and oxygen atoms in total. The Bertz CT molecular complexity index is 1390. The summed E-state index contributed by atoms with van der Waals surface area (Å²) < 4.78 is 13.9. The van der Waals surface area contributed by atoms with Gasteiger partial charge in [-0.3, -0.25) is 4.79 Å². The zero-order valence-electron chi connectivity index (χ0n) is 18.8. The molecule has 0 unspecified atom stereocenters. The fourth-order valence-electron chi connectivity index (χ4n) is 4.66. The average molecular weight is 505 g/mol. The molecule has 1 N–H and O–H groups in total. The monoisotopic (exact) mass is 504 g/mol. The van der Waals surface area contributed by atoms with Gasteiger partial charge >= 0.3 is 5.97 Å². The lowest BCUT2D eigenvalue weighted by molar-refractivity contribution is -0.131. The van der Waals surface area contributed by atoms with Crippen molar-refractivity contribution in [2.24, 2.45) is 5.92 Å². The van der Waals surface area contributed by atoms with Crippen molar-refractivity contribution in [2.75, 3.05) is 0 Å². The van der Waals surface area contributed by atoms with E-state index < -0.39 is 5.97 Å². The quantitative estimate of drug-likeness (QED) is 0.279. The Hall–Kier alpha value is -3.15. The van der Waals surface area contributed by atoms with Crippen LogP contribution in [0.4, 0.5) is 4.39 Å². The van der Waals surface area contributed by atoms with E-state index in [-0.39, 0.29) is 16.9 Å². The molecule has 1 aliphatic heterocycles. The molecule has 0 saturated heterocycles. The van der Waals surface area contributed by atoms with Gasteiger partial charge in [-0.2, -0.15) is 0 Å². The van der Waals surface area contributed by atoms with Gasteiger partial charge in [-0.15, -0.1) is 0 Å². The van der Waals surface area contributed by atoms with Crippen LogP contribution in [0.15, 0.2) is 71.6 Å². The summed E-state index contributed by atoms with van der Waals surface area (Å²) in [6, 6.07) is 18.4. The van der Waals surface area contributed by atoms with Gasteiger partial charge in [0.1, 0.15) is 5.82 Å². The van der Waals surface area contributed by atoms with Gasteiger partial charge in [-0.1, -0.05) is 66.2 Å². The molecular weight excluding hydrogens is 483 g/mol. The highest BCUT2D eigenvalue weighted by Gasteiger charge is 2.29. The van der Waals surface area contributed by atoms with Gasteiger partial charge < -0.3 is 5.11 Å². The first kappa shape index (κ1) is 23.6. The number of carbonyl (C=O) groups is 2. The van der Waals surface area contributed by atoms with Gasteiger partial charge in [0.2, 0.25) is 0 Å². The molecule has 5 rings (SSSR count). The molecule has 0 spiro atoms. The van der Waals surface area contributed by atoms with E-state index in [0.29, 0.717) is 11.4 Å². The number of carboxylic acid groups (broad SMARTS) is 1. The van der Waals surface area contributed by atoms with Crippen molar-refractivity contribution in [1.82, 2.24) is 0 Å². The van der Waals surface area contributed by atoms with Gasteiger partial charge in [0.05, 0.1) is 5.02 Å². The highest BCUT2D eigenvalue weighted by atomic mass is 35.5. The minimum Gasteiger partial charge on any atom is -0.478 e. The Balaban J connectivity index is 1.72. The Morgan fingerprint density at radius 3 is 2.43 bits per heavy atom. The molecule has 2 aliphatic rings. The third-order valence-electron chi connectivity index (χ3n) is 6.53. The van der Waals surface area contributed by atoms with Crippen LogP contribution in [0, 0.1) is 11.7 Å². The van der Waals surface area contributed by atoms with E-state index in [2.05, 4.69) is 6.07 Å². The lowest BCUT2D eigenvalue weighted by Crippen LogP contribution is -2.15. The minimum absolute atomic E-state index is 0.137. The summed E-state index contributed by atoms with van der Waals surface area (Å²) in [5.74, 6) is -1.10. The number of fused-ring (bicyclic) bond motifs is 1. The van der Waals surface area contributed by atoms with Crippen LogP contribution in [0.3, 0.4) is 0 Å². The molecule has 3 aromatic carbocycles. The maximum Gasteiger partial charge on any atom is 0.328 e. The van der Waals surface area contributed by atoms with Gasteiger partial charge in [-0.05, 0) is 88.1 Å². The van der Waals surface area contributed by atoms with Crippen LogP contribution in [0.2, 0.25) is 5.02 Å². The lowest BCUT2D eigenvalue weighted by Gasteiger charge is -2.32. The van der Waals surface area contributed by atoms with E-state index in [1.807, 2.05) is 36.4 Å². The molecule has 176 valence electrons. The van der Waals surface area contributed by atoms with Crippen molar-refractivity contribution in [3.8, 4) is 0 Å². The van der Waals surface area contributed by atoms with Crippen LogP contribution >= 0.6 is 23.4 Å². The molecule has 0 aromatic heterocycles. The second-order valence-electron chi connectivity index (χ2n) is 8.81. The molecule has 0 radical (unpaired) electrons. The summed E-state index contributed by atoms with van der Waals surface area (Å²) >= 11 is 7.87. The van der Waals surface area contributed by atoms with Crippen molar-refractivity contribution >= 4 is 51.7 Å². The Morgan fingerprint density at radius 1 is 1.03 bits per heavy atom. The van der Waals surface area contributed by atoms with Crippen LogP contribution in [0.5, 0.6) is 0 Å². The Morgan fingerprint density at radius 2 is 1.77 bits per heavy atom. The van der Waals surface area contributed by atoms with E-state index in [4.69, 9.17) is 16.7 Å². The van der Waals surface area contributed by atoms with Crippen molar-refractivity contribution in [3.05, 3.63) is 105 Å². The predicted molar refractivity (Wildman–Crippen MR) is 139 cm³/mol. The lowest BCUT2D eigenvalue weighted by atomic mass is 9.73. The molecule has 1 saturated carbocycles. The fraction of sp³-hybridized carbons (Fsp3) is 0.172. The number of hydrogen-bond donors (Lipinski definition) is 1. The molecule has 0 amide bonds. The van der Waals surface area contributed by atoms with E-state index >= 15 is 0 Å². The number of carboxylic acids is 1. The molecule has 3 aromatic rings. The number of benzene rings is 3. The second kappa shape index (κ2) is 9.84. The van der Waals surface area contributed by atoms with Gasteiger partial charge in [-0.25, -0.2) is 9.18 Å². The van der Waals surface area contributed by atoms with Crippen LogP contribution in [0.25, 0.3) is 17.2 Å². The van der Waals surface area contributed by atoms with Crippen LogP contribution in [-0.2, 0) is 16.0 Å². The molecule has 1 aliphatic carbocycles. The zero-order chi connectivity index (χ0) is 24.5. The topological polar surface area (TPSA) is 54.4 Å². The highest BCUT2D eigenvalue weighted by Crippen LogP contribution is 2.47. The summed E-state index contributed by atoms with van der Waals surface area (Å²) in [6.45, 7) is 0. The van der Waals surface area contributed by atoms with E-state index in [9.17, 15) is 14.0 Å². The maximum absolute atomic E-state index is 13.9. The van der Waals surface area contributed by atoms with Crippen molar-refractivity contribution in [1.29, 1.82) is 0 Å². The summed E-state index contributed by atoms with van der Waals surface area (Å²) in [5, 5.41) is 9.45. The average Bonchev–Trinajstić information content (AvgIpc) is 3.16. The summed E-state index contributed by atoms with van der Waals surface area (Å²) in [5.41, 5.74) is 6.61. The predicted octanol–water partition coefficient (Wildman–Crippen LogP) is 7.51. The first-order valence-electron chi connectivity index (χ1n) is 11.4. The number of thioether (sulfide) groups is 1. The molecule has 35 heavy (non-hydrogen) atoms. The van der Waals surface area contributed by atoms with Crippen molar-refractivity contribution < 1.29 is 19.1 Å². The molecule has 1 heterocycles. The van der Waals surface area contributed by atoms with Crippen molar-refractivity contribution in [3.63, 3.8) is 0 Å². The van der Waals surface area contributed by atoms with E-state index in [1.165, 1.54) is 23.9 Å². The summed E-state index contributed by atoms with van der Waals surface area (Å²) in [4.78, 5) is 23.9. The minimum atomic E-state index is -1.00. The molecular formula is C29H22ClFO3S. The summed E-state index contributed by atoms with van der Waals surface area (Å²) in [7, 11) is 0. The number of hydrogen-bond acceptors (Lipinski definition) is 3. The van der Waals surface area contributed by atoms with Gasteiger partial charge in [0.15, 0.2) is 5.12 Å². The number of rotatable bonds is 6. The number of aliphatic carboxylic acids is 1. The van der Waals surface area contributed by atoms with Gasteiger partial charge in [0.25, 0.3) is 0 Å². The SMILES string of the molecule is O=C(O)/C=C/c1ccc(/C(=C(\c2ccc(F)cc2Cl)C2CCC2)c2ccc3c(c2)CC(=O)S3)cc1. The molecule has 0 atom stereocenters. The first-order chi connectivity index (χ1) is 16.9. The molecule has 1 fully saturated rings. The van der Waals surface area contributed by atoms with Crippen molar-refractivity contribution in [2.45, 2.75) is 30.6 Å². The Labute approximate surface area is 212 Å². The van der Waals surface area contributed by atoms with Crippen LogP contribution in [-0.4, -0.2) is 16.2 Å². The van der Waals surface area contributed by atoms with E-state index in [1.54, 1.807) is 12.1 Å². The number of carbonyl (C=O) groups excluding carboxylic acids is 1. The van der Waals surface area contributed by atoms with Crippen LogP contribution < -0.4 is 0 Å². The normalized spacial score (nSPS) is 16.2. The molecule has 0 bridgehead atoms. The standard InChI is InChI=1S/C29H22ClFO3S/c30-24-16-22(31)10-11-23(24)29(18-2-1-3-18)28(19-7-4-17(5-8-19)6-13-26(32)33)20-9-12-25-21(14-20)15-27(34)35-25/h4-14,16,18H,1-3,15H2,(H,32,33)/b13-6+,29-28+. The second-order valence-corrected chi connectivity index (χ2v) is 10.3. The molecule has 6 heteroatoms. The number of allylic oxidation sites excluding steroid dienone is 1. The number of halogens is 2. The summed E-state index contributed by atoms with van der Waals surface area (Å²) in [6.07, 6.45) is 6.22. The van der Waals surface area contributed by atoms with Gasteiger partial charge in [0, 0.05) is 17.4 Å². The van der Waals surface area contributed by atoms with Crippen LogP contribution in [0.1, 0.15) is 47.1 Å². The third-order valence-corrected chi connectivity index (χ3v) is 7.83. The zero-order valence-corrected chi connectivity index (χ0v) is 20.3. The third kappa shape index (κ3) is 4.97. The van der Waals surface area contributed by atoms with E-state index in [0.717, 1.165) is 69.2 Å². The highest BCUT2D eigenvalue weighted by molar-refractivity contribution is 8.14. The smallest absolute Gasteiger partial charge is 0.328 e. The Kier molecular flexibility index (Phi) is 6.63. The largest absolute Gasteiger partial charge is 0.478 e. The maximum atomic E-state index is 13.9.